The highest BCUT2D eigenvalue weighted by molar-refractivity contribution is 8.00. The number of nitrogens with two attached hydrogens (primary N) is 1. The van der Waals surface area contributed by atoms with Crippen molar-refractivity contribution in [1.82, 2.24) is 19.6 Å². The Labute approximate surface area is 198 Å². The van der Waals surface area contributed by atoms with Crippen LogP contribution in [-0.2, 0) is 14.4 Å². The molecule has 0 saturated carbocycles. The monoisotopic (exact) mass is 514 g/mol. The Morgan fingerprint density at radius 3 is 2.78 bits per heavy atom. The van der Waals surface area contributed by atoms with Crippen LogP contribution >= 0.6 is 46.5 Å². The van der Waals surface area contributed by atoms with Crippen molar-refractivity contribution < 1.29 is 24.3 Å². The predicted molar refractivity (Wildman–Crippen MR) is 119 cm³/mol. The lowest BCUT2D eigenvalue weighted by atomic mass is 10.0. The lowest BCUT2D eigenvalue weighted by Gasteiger charge is -2.48. The van der Waals surface area contributed by atoms with E-state index >= 15 is 0 Å². The van der Waals surface area contributed by atoms with Gasteiger partial charge in [-0.2, -0.15) is 9.36 Å². The number of nitrogen functional groups attached to an aromatic ring is 1. The Balaban J connectivity index is 1.55. The number of benzene rings is 1. The number of carbonyl (C=O) groups excluding carboxylic acids is 2. The number of carbonyl (C=O) groups is 3. The molecule has 3 heterocycles. The van der Waals surface area contributed by atoms with E-state index in [9.17, 15) is 19.5 Å². The molecule has 0 radical (unpaired) electrons. The number of aromatic nitrogens is 2. The molecule has 4 N–H and O–H groups in total. The number of amides is 2. The van der Waals surface area contributed by atoms with Crippen LogP contribution in [0.25, 0.3) is 0 Å². The number of fused-ring (bicyclic) bond motifs is 1. The Hall–Kier alpha value is -2.87. The Kier molecular flexibility index (Phi) is 6.24. The molecule has 2 aliphatic heterocycles. The molecule has 166 valence electrons. The lowest BCUT2D eigenvalue weighted by Crippen LogP contribution is -2.70. The minimum Gasteiger partial charge on any atom is -0.477 e. The van der Waals surface area contributed by atoms with Gasteiger partial charge in [0.2, 0.25) is 11.5 Å². The Morgan fingerprint density at radius 2 is 2.12 bits per heavy atom. The van der Waals surface area contributed by atoms with Gasteiger partial charge in [-0.3, -0.25) is 14.5 Å². The minimum absolute atomic E-state index is 0.0972. The summed E-state index contributed by atoms with van der Waals surface area (Å²) in [5.41, 5.74) is 5.17. The van der Waals surface area contributed by atoms with E-state index in [0.717, 1.165) is 16.4 Å². The van der Waals surface area contributed by atoms with Crippen LogP contribution in [0.1, 0.15) is 5.82 Å². The summed E-state index contributed by atoms with van der Waals surface area (Å²) in [6.45, 7) is 0. The second-order valence-electron chi connectivity index (χ2n) is 6.34. The van der Waals surface area contributed by atoms with Gasteiger partial charge in [0, 0.05) is 23.4 Å². The predicted octanol–water partition coefficient (Wildman–Crippen LogP) is 1.58. The van der Waals surface area contributed by atoms with Gasteiger partial charge < -0.3 is 21.0 Å². The number of hydrogen-bond donors (Lipinski definition) is 3. The molecule has 32 heavy (non-hydrogen) atoms. The standard InChI is InChI=1S/C17H12Cl2N6O5S2/c18-7-2-1-6(5-8(7)19)30-23-10(12-22-17(20)32-24-12)13(26)21-11-14(27)25-9(16(28)29)3-4-31-15(11)25/h1-3,5,11,15H,4H2,(H,21,26)(H,28,29)(H2,20,22,24)/b23-10+. The average Bonchev–Trinajstić information content (AvgIpc) is 3.19. The van der Waals surface area contributed by atoms with Crippen LogP contribution < -0.4 is 15.9 Å². The molecular weight excluding hydrogens is 503 g/mol. The number of nitrogens with one attached hydrogen (secondary N) is 1. The lowest BCUT2D eigenvalue weighted by molar-refractivity contribution is -0.150. The molecule has 11 nitrogen and oxygen atoms in total. The van der Waals surface area contributed by atoms with Gasteiger partial charge in [-0.1, -0.05) is 28.4 Å². The molecule has 15 heteroatoms. The van der Waals surface area contributed by atoms with Crippen molar-refractivity contribution in [3.8, 4) is 5.75 Å². The van der Waals surface area contributed by atoms with Crippen LogP contribution in [0.15, 0.2) is 35.1 Å². The first-order valence-electron chi connectivity index (χ1n) is 8.75. The van der Waals surface area contributed by atoms with Crippen LogP contribution in [0.2, 0.25) is 10.0 Å². The summed E-state index contributed by atoms with van der Waals surface area (Å²) in [5, 5.41) is 15.7. The van der Waals surface area contributed by atoms with Gasteiger partial charge in [0.25, 0.3) is 11.8 Å². The molecule has 1 aromatic carbocycles. The molecule has 0 bridgehead atoms. The number of nitrogens with zero attached hydrogens (tertiary/aromatic N) is 4. The number of carboxylic acids is 1. The van der Waals surface area contributed by atoms with E-state index in [1.807, 2.05) is 0 Å². The number of oxime groups is 1. The highest BCUT2D eigenvalue weighted by atomic mass is 35.5. The number of rotatable bonds is 6. The summed E-state index contributed by atoms with van der Waals surface area (Å²) in [4.78, 5) is 47.1. The van der Waals surface area contributed by atoms with Crippen LogP contribution in [0.4, 0.5) is 5.13 Å². The van der Waals surface area contributed by atoms with Crippen molar-refractivity contribution in [2.24, 2.45) is 5.16 Å². The summed E-state index contributed by atoms with van der Waals surface area (Å²) < 4.78 is 3.97. The molecule has 0 aliphatic carbocycles. The van der Waals surface area contributed by atoms with Gasteiger partial charge in [-0.15, -0.1) is 11.8 Å². The fourth-order valence-electron chi connectivity index (χ4n) is 2.89. The van der Waals surface area contributed by atoms with E-state index in [4.69, 9.17) is 33.8 Å². The van der Waals surface area contributed by atoms with Crippen LogP contribution in [0.5, 0.6) is 5.75 Å². The number of halogens is 2. The van der Waals surface area contributed by atoms with E-state index < -0.39 is 29.2 Å². The van der Waals surface area contributed by atoms with Crippen molar-refractivity contribution in [3.05, 3.63) is 45.8 Å². The van der Waals surface area contributed by atoms with Gasteiger partial charge in [-0.25, -0.2) is 4.79 Å². The molecule has 2 unspecified atom stereocenters. The van der Waals surface area contributed by atoms with E-state index in [2.05, 4.69) is 19.8 Å². The fraction of sp³-hybridized carbons (Fsp3) is 0.176. The maximum Gasteiger partial charge on any atom is 0.352 e. The van der Waals surface area contributed by atoms with Crippen molar-refractivity contribution in [2.75, 3.05) is 11.5 Å². The number of hydrogen-bond acceptors (Lipinski definition) is 10. The molecule has 2 amide bonds. The third-order valence-corrected chi connectivity index (χ3v) is 6.82. The molecule has 1 saturated heterocycles. The van der Waals surface area contributed by atoms with E-state index in [0.29, 0.717) is 10.8 Å². The van der Waals surface area contributed by atoms with Crippen molar-refractivity contribution in [3.63, 3.8) is 0 Å². The highest BCUT2D eigenvalue weighted by Crippen LogP contribution is 2.37. The smallest absolute Gasteiger partial charge is 0.352 e. The largest absolute Gasteiger partial charge is 0.477 e. The topological polar surface area (TPSA) is 160 Å². The van der Waals surface area contributed by atoms with Crippen LogP contribution in [0.3, 0.4) is 0 Å². The SMILES string of the molecule is Nc1nc(/C(=N\Oc2ccc(Cl)c(Cl)c2)C(=O)NC2C(=O)N3C(C(=O)O)=CCSC23)ns1. The van der Waals surface area contributed by atoms with Gasteiger partial charge in [0.05, 0.1) is 10.0 Å². The van der Waals surface area contributed by atoms with Gasteiger partial charge >= 0.3 is 5.97 Å². The second-order valence-corrected chi connectivity index (χ2v) is 9.09. The first-order valence-corrected chi connectivity index (χ1v) is 11.3. The maximum absolute atomic E-state index is 12.9. The Morgan fingerprint density at radius 1 is 1.34 bits per heavy atom. The number of thioether (sulfide) groups is 1. The van der Waals surface area contributed by atoms with Gasteiger partial charge in [0.1, 0.15) is 17.1 Å². The third-order valence-electron chi connectivity index (χ3n) is 4.35. The zero-order valence-corrected chi connectivity index (χ0v) is 18.8. The third kappa shape index (κ3) is 4.24. The second kappa shape index (κ2) is 8.94. The first-order chi connectivity index (χ1) is 15.3. The summed E-state index contributed by atoms with van der Waals surface area (Å²) in [5.74, 6) is -2.09. The summed E-state index contributed by atoms with van der Waals surface area (Å²) in [7, 11) is 0. The summed E-state index contributed by atoms with van der Waals surface area (Å²) >= 11 is 14.0. The summed E-state index contributed by atoms with van der Waals surface area (Å²) in [6.07, 6.45) is 1.44. The van der Waals surface area contributed by atoms with Crippen LogP contribution in [-0.4, -0.2) is 60.0 Å². The molecular formula is C17H12Cl2N6O5S2. The summed E-state index contributed by atoms with van der Waals surface area (Å²) in [6, 6.07) is 3.42. The zero-order chi connectivity index (χ0) is 23.0. The number of aliphatic carboxylic acids is 1. The number of anilines is 1. The van der Waals surface area contributed by atoms with E-state index in [-0.39, 0.29) is 33.1 Å². The van der Waals surface area contributed by atoms with E-state index in [1.165, 1.54) is 36.0 Å². The zero-order valence-electron chi connectivity index (χ0n) is 15.7. The highest BCUT2D eigenvalue weighted by Gasteiger charge is 2.53. The quantitative estimate of drug-likeness (QED) is 0.295. The first kappa shape index (κ1) is 22.3. The van der Waals surface area contributed by atoms with Gasteiger partial charge in [-0.05, 0) is 18.2 Å². The molecule has 2 aliphatic rings. The minimum atomic E-state index is -1.21. The van der Waals surface area contributed by atoms with Crippen molar-refractivity contribution in [1.29, 1.82) is 0 Å². The average molecular weight is 515 g/mol. The molecule has 2 atom stereocenters. The molecule has 1 fully saturated rings. The number of carboxylic acid groups (broad SMARTS) is 1. The van der Waals surface area contributed by atoms with Crippen molar-refractivity contribution >= 4 is 75.1 Å². The normalized spacial score (nSPS) is 20.2. The number of β-lactam (4-membered cyclic amide) rings is 1. The maximum atomic E-state index is 12.9. The molecule has 2 aromatic rings. The fourth-order valence-corrected chi connectivity index (χ4v) is 4.81. The van der Waals surface area contributed by atoms with Crippen LogP contribution in [0, 0.1) is 0 Å². The molecule has 0 spiro atoms. The van der Waals surface area contributed by atoms with E-state index in [1.54, 1.807) is 0 Å². The van der Waals surface area contributed by atoms with Gasteiger partial charge in [0.15, 0.2) is 10.9 Å². The Bertz CT molecular complexity index is 1190. The molecule has 1 aromatic heterocycles. The van der Waals surface area contributed by atoms with Crippen molar-refractivity contribution in [2.45, 2.75) is 11.4 Å². The molecule has 4 rings (SSSR count).